The first-order chi connectivity index (χ1) is 3.06. The van der Waals surface area contributed by atoms with Crippen molar-refractivity contribution in [2.24, 2.45) is 0 Å². The normalized spacial score (nSPS) is 9.57. The molecule has 0 fully saturated rings. The molecule has 0 aromatic rings. The molecular formula is C2H3O3PS. The first-order valence-electron chi connectivity index (χ1n) is 1.28. The van der Waals surface area contributed by atoms with E-state index >= 15 is 0 Å². The van der Waals surface area contributed by atoms with Gasteiger partial charge in [-0.25, -0.2) is 4.57 Å². The summed E-state index contributed by atoms with van der Waals surface area (Å²) in [4.78, 5) is 15.8. The van der Waals surface area contributed by atoms with Gasteiger partial charge >= 0.3 is 7.60 Å². The summed E-state index contributed by atoms with van der Waals surface area (Å²) < 4.78 is 9.70. The summed E-state index contributed by atoms with van der Waals surface area (Å²) in [6, 6.07) is 0. The Kier molecular flexibility index (Phi) is 2.41. The Morgan fingerprint density at radius 1 is 1.57 bits per heavy atom. The molecule has 0 saturated carbocycles. The molecule has 0 aliphatic carbocycles. The van der Waals surface area contributed by atoms with Gasteiger partial charge in [0.15, 0.2) is 0 Å². The maximum atomic E-state index is 9.70. The zero-order chi connectivity index (χ0) is 5.91. The van der Waals surface area contributed by atoms with Crippen molar-refractivity contribution in [1.29, 1.82) is 0 Å². The minimum atomic E-state index is -4.10. The van der Waals surface area contributed by atoms with E-state index in [0.717, 1.165) is 0 Å². The zero-order valence-corrected chi connectivity index (χ0v) is 4.99. The van der Waals surface area contributed by atoms with Gasteiger partial charge < -0.3 is 9.79 Å². The lowest BCUT2D eigenvalue weighted by atomic mass is 11.4. The van der Waals surface area contributed by atoms with E-state index < -0.39 is 7.60 Å². The Bertz CT molecular complexity index is 148. The Hall–Kier alpha value is 0.0600. The monoisotopic (exact) mass is 138 g/mol. The van der Waals surface area contributed by atoms with E-state index in [-0.39, 0.29) is 0 Å². The molecule has 0 atom stereocenters. The summed E-state index contributed by atoms with van der Waals surface area (Å²) in [6.07, 6.45) is 0. The molecule has 5 heteroatoms. The van der Waals surface area contributed by atoms with Crippen molar-refractivity contribution in [2.45, 2.75) is 0 Å². The molecule has 0 aromatic carbocycles. The van der Waals surface area contributed by atoms with E-state index in [2.05, 4.69) is 12.6 Å². The van der Waals surface area contributed by atoms with Crippen LogP contribution in [0.25, 0.3) is 0 Å². The second kappa shape index (κ2) is 2.39. The molecule has 0 heterocycles. The van der Waals surface area contributed by atoms with E-state index in [9.17, 15) is 4.57 Å². The van der Waals surface area contributed by atoms with Crippen molar-refractivity contribution in [3.8, 4) is 10.9 Å². The second-order valence-corrected chi connectivity index (χ2v) is 2.30. The molecule has 0 rings (SSSR count). The van der Waals surface area contributed by atoms with Gasteiger partial charge in [0, 0.05) is 5.66 Å². The average molecular weight is 138 g/mol. The zero-order valence-electron chi connectivity index (χ0n) is 3.20. The smallest absolute Gasteiger partial charge is 0.315 e. The number of hydrogen-bond donors (Lipinski definition) is 3. The van der Waals surface area contributed by atoms with Crippen LogP contribution in [0.15, 0.2) is 0 Å². The average Bonchev–Trinajstić information content (AvgIpc) is 1.30. The van der Waals surface area contributed by atoms with Crippen molar-refractivity contribution >= 4 is 20.2 Å². The van der Waals surface area contributed by atoms with Gasteiger partial charge in [-0.3, -0.25) is 0 Å². The molecule has 7 heavy (non-hydrogen) atoms. The van der Waals surface area contributed by atoms with Crippen molar-refractivity contribution < 1.29 is 14.4 Å². The summed E-state index contributed by atoms with van der Waals surface area (Å²) in [5.41, 5.74) is 1.57. The summed E-state index contributed by atoms with van der Waals surface area (Å²) in [7, 11) is -4.10. The van der Waals surface area contributed by atoms with Crippen LogP contribution < -0.4 is 0 Å². The van der Waals surface area contributed by atoms with Crippen LogP contribution in [0.2, 0.25) is 0 Å². The minimum Gasteiger partial charge on any atom is -0.315 e. The Balaban J connectivity index is 4.01. The van der Waals surface area contributed by atoms with Crippen LogP contribution in [0.5, 0.6) is 0 Å². The quantitative estimate of drug-likeness (QED) is 0.251. The lowest BCUT2D eigenvalue weighted by molar-refractivity contribution is 0.389. The van der Waals surface area contributed by atoms with E-state index in [4.69, 9.17) is 9.79 Å². The van der Waals surface area contributed by atoms with E-state index in [1.807, 2.05) is 0 Å². The predicted octanol–water partition coefficient (Wildman–Crippen LogP) is 0.0123. The first-order valence-corrected chi connectivity index (χ1v) is 3.34. The van der Waals surface area contributed by atoms with Gasteiger partial charge in [0.2, 0.25) is 0 Å². The van der Waals surface area contributed by atoms with Crippen LogP contribution in [0.1, 0.15) is 0 Å². The minimum absolute atomic E-state index is 1.57. The van der Waals surface area contributed by atoms with E-state index in [1.54, 1.807) is 10.9 Å². The van der Waals surface area contributed by atoms with E-state index in [0.29, 0.717) is 0 Å². The van der Waals surface area contributed by atoms with Gasteiger partial charge in [0.25, 0.3) is 0 Å². The second-order valence-electron chi connectivity index (χ2n) is 0.768. The van der Waals surface area contributed by atoms with Gasteiger partial charge in [0.1, 0.15) is 0 Å². The third-order valence-electron chi connectivity index (χ3n) is 0.196. The number of rotatable bonds is 0. The number of hydrogen-bond acceptors (Lipinski definition) is 2. The summed E-state index contributed by atoms with van der Waals surface area (Å²) in [5.74, 6) is 0. The Labute approximate surface area is 46.3 Å². The third-order valence-corrected chi connectivity index (χ3v) is 0.887. The van der Waals surface area contributed by atoms with Crippen LogP contribution in [0.4, 0.5) is 0 Å². The molecule has 0 saturated heterocycles. The SMILES string of the molecule is O=P(O)(O)C#CS. The van der Waals surface area contributed by atoms with Crippen LogP contribution in [-0.4, -0.2) is 9.79 Å². The Morgan fingerprint density at radius 3 is 2.00 bits per heavy atom. The van der Waals surface area contributed by atoms with Crippen molar-refractivity contribution in [1.82, 2.24) is 0 Å². The molecule has 0 aliphatic heterocycles. The lowest BCUT2D eigenvalue weighted by Crippen LogP contribution is -1.65. The molecule has 0 amide bonds. The molecule has 0 aromatic heterocycles. The molecule has 0 bridgehead atoms. The van der Waals surface area contributed by atoms with Gasteiger partial charge in [-0.05, 0) is 5.25 Å². The lowest BCUT2D eigenvalue weighted by Gasteiger charge is -1.84. The molecular weight excluding hydrogens is 135 g/mol. The summed E-state index contributed by atoms with van der Waals surface area (Å²) in [5, 5.41) is 1.79. The highest BCUT2D eigenvalue weighted by molar-refractivity contribution is 7.85. The molecule has 0 radical (unpaired) electrons. The largest absolute Gasteiger partial charge is 0.401 e. The fourth-order valence-corrected chi connectivity index (χ4v) is 0.586. The molecule has 40 valence electrons. The summed E-state index contributed by atoms with van der Waals surface area (Å²) >= 11 is 3.26. The van der Waals surface area contributed by atoms with Crippen LogP contribution in [0.3, 0.4) is 0 Å². The van der Waals surface area contributed by atoms with Gasteiger partial charge in [-0.1, -0.05) is 12.6 Å². The highest BCUT2D eigenvalue weighted by Gasteiger charge is 2.03. The Morgan fingerprint density at radius 2 is 2.00 bits per heavy atom. The van der Waals surface area contributed by atoms with Crippen molar-refractivity contribution in [3.05, 3.63) is 0 Å². The van der Waals surface area contributed by atoms with Crippen molar-refractivity contribution in [3.63, 3.8) is 0 Å². The maximum Gasteiger partial charge on any atom is 0.401 e. The van der Waals surface area contributed by atoms with Crippen LogP contribution >= 0.6 is 20.2 Å². The highest BCUT2D eigenvalue weighted by atomic mass is 32.1. The molecule has 0 unspecified atom stereocenters. The maximum absolute atomic E-state index is 9.70. The van der Waals surface area contributed by atoms with Gasteiger partial charge in [-0.15, -0.1) is 0 Å². The standard InChI is InChI=1S/C2H3O3PS/c3-6(4,5)1-2-7/h7H,(H2,3,4,5). The highest BCUT2D eigenvalue weighted by Crippen LogP contribution is 2.31. The predicted molar refractivity (Wildman–Crippen MR) is 28.8 cm³/mol. The van der Waals surface area contributed by atoms with Crippen LogP contribution in [-0.2, 0) is 4.57 Å². The molecule has 2 N–H and O–H groups in total. The topological polar surface area (TPSA) is 57.5 Å². The molecule has 3 nitrogen and oxygen atoms in total. The van der Waals surface area contributed by atoms with Crippen molar-refractivity contribution in [2.75, 3.05) is 0 Å². The third kappa shape index (κ3) is 6.06. The summed E-state index contributed by atoms with van der Waals surface area (Å²) in [6.45, 7) is 0. The molecule has 0 aliphatic rings. The molecule has 0 spiro atoms. The number of thiol groups is 1. The van der Waals surface area contributed by atoms with E-state index in [1.165, 1.54) is 0 Å². The fourth-order valence-electron chi connectivity index (χ4n) is 0.0651. The van der Waals surface area contributed by atoms with Gasteiger partial charge in [-0.2, -0.15) is 0 Å². The van der Waals surface area contributed by atoms with Crippen LogP contribution in [0, 0.1) is 10.9 Å². The first kappa shape index (κ1) is 7.06. The fraction of sp³-hybridized carbons (Fsp3) is 0. The van der Waals surface area contributed by atoms with Gasteiger partial charge in [0.05, 0.1) is 0 Å².